The molecule has 4 atom stereocenters. The van der Waals surface area contributed by atoms with E-state index in [-0.39, 0.29) is 23.9 Å². The number of nitrogens with zero attached hydrogens (tertiary/aromatic N) is 2. The van der Waals surface area contributed by atoms with Crippen LogP contribution in [0.2, 0.25) is 20.1 Å². The number of unbranched alkanes of at least 4 members (excludes halogenated alkanes) is 1. The molecule has 7 N–H and O–H groups in total. The van der Waals surface area contributed by atoms with Crippen LogP contribution in [0.25, 0.3) is 0 Å². The van der Waals surface area contributed by atoms with E-state index < -0.39 is 12.1 Å². The van der Waals surface area contributed by atoms with Crippen molar-refractivity contribution in [3.05, 3.63) is 67.6 Å². The smallest absolute Gasteiger partial charge is 0.240 e. The Kier molecular flexibility index (Phi) is 15.4. The van der Waals surface area contributed by atoms with Crippen LogP contribution in [-0.2, 0) is 22.4 Å². The number of carbonyl (C=O) groups excluding carboxylic acids is 2. The number of piperazine rings is 1. The second-order valence-corrected chi connectivity index (χ2v) is 14.8. The summed E-state index contributed by atoms with van der Waals surface area (Å²) >= 11 is 25.1. The molecule has 0 radical (unpaired) electrons. The van der Waals surface area contributed by atoms with Gasteiger partial charge in [-0.05, 0) is 80.0 Å². The van der Waals surface area contributed by atoms with Crippen LogP contribution in [0, 0.1) is 5.92 Å². The summed E-state index contributed by atoms with van der Waals surface area (Å²) in [5.74, 6) is 0.255. The highest BCUT2D eigenvalue weighted by atomic mass is 35.5. The van der Waals surface area contributed by atoms with Gasteiger partial charge in [0.05, 0.1) is 12.1 Å². The number of hydrogen-bond donors (Lipinski definition) is 4. The highest BCUT2D eigenvalue weighted by molar-refractivity contribution is 6.35. The van der Waals surface area contributed by atoms with E-state index in [1.807, 2.05) is 21.9 Å². The molecule has 2 aromatic carbocycles. The standard InChI is InChI=1S/C35H50Cl4N6O2/c36-26-11-9-24(30(38)19-26)17-32(41)34(46)44-22-29(16-23-6-2-1-3-7-23)45(21-28(44)8-4-5-14-43-15-13-40)35(47)33(42)18-25-10-12-27(37)20-31(25)39/h9-12,19-20,23,28-29,32-33,43H,1-8,13-18,21-22,40-42H2/t28-,29+,32-,33+/m0/s1. The second-order valence-electron chi connectivity index (χ2n) is 13.2. The van der Waals surface area contributed by atoms with Gasteiger partial charge in [0.1, 0.15) is 0 Å². The summed E-state index contributed by atoms with van der Waals surface area (Å²) in [6, 6.07) is 8.59. The Morgan fingerprint density at radius 3 is 1.83 bits per heavy atom. The maximum atomic E-state index is 14.2. The first kappa shape index (κ1) is 38.2. The third-order valence-electron chi connectivity index (χ3n) is 9.60. The molecule has 1 aliphatic heterocycles. The van der Waals surface area contributed by atoms with E-state index in [4.69, 9.17) is 63.6 Å². The molecule has 1 saturated heterocycles. The van der Waals surface area contributed by atoms with Gasteiger partial charge >= 0.3 is 0 Å². The van der Waals surface area contributed by atoms with E-state index in [1.165, 1.54) is 19.3 Å². The molecule has 12 heteroatoms. The first-order valence-corrected chi connectivity index (χ1v) is 18.5. The molecule has 1 heterocycles. The van der Waals surface area contributed by atoms with Gasteiger partial charge in [-0.3, -0.25) is 9.59 Å². The highest BCUT2D eigenvalue weighted by Crippen LogP contribution is 2.33. The quantitative estimate of drug-likeness (QED) is 0.171. The fraction of sp³-hybridized carbons (Fsp3) is 0.600. The summed E-state index contributed by atoms with van der Waals surface area (Å²) in [6.07, 6.45) is 9.86. The molecule has 4 rings (SSSR count). The number of hydrogen-bond acceptors (Lipinski definition) is 6. The maximum Gasteiger partial charge on any atom is 0.240 e. The Morgan fingerprint density at radius 1 is 0.766 bits per heavy atom. The molecule has 47 heavy (non-hydrogen) atoms. The molecule has 0 spiro atoms. The molecule has 8 nitrogen and oxygen atoms in total. The lowest BCUT2D eigenvalue weighted by Gasteiger charge is -2.49. The van der Waals surface area contributed by atoms with Crippen molar-refractivity contribution in [1.29, 1.82) is 0 Å². The van der Waals surface area contributed by atoms with E-state index in [9.17, 15) is 9.59 Å². The Bertz CT molecular complexity index is 1330. The van der Waals surface area contributed by atoms with Gasteiger partial charge in [0.2, 0.25) is 11.8 Å². The molecule has 1 saturated carbocycles. The van der Waals surface area contributed by atoms with Crippen LogP contribution in [0.1, 0.15) is 68.9 Å². The summed E-state index contributed by atoms with van der Waals surface area (Å²) in [5, 5.41) is 5.38. The number of rotatable bonds is 15. The maximum absolute atomic E-state index is 14.2. The lowest BCUT2D eigenvalue weighted by atomic mass is 9.83. The summed E-state index contributed by atoms with van der Waals surface area (Å²) in [4.78, 5) is 32.3. The van der Waals surface area contributed by atoms with Crippen LogP contribution < -0.4 is 22.5 Å². The predicted molar refractivity (Wildman–Crippen MR) is 194 cm³/mol. The van der Waals surface area contributed by atoms with Crippen molar-refractivity contribution in [1.82, 2.24) is 15.1 Å². The fourth-order valence-corrected chi connectivity index (χ4v) is 8.02. The lowest BCUT2D eigenvalue weighted by molar-refractivity contribution is -0.149. The third kappa shape index (κ3) is 11.2. The highest BCUT2D eigenvalue weighted by Gasteiger charge is 2.41. The van der Waals surface area contributed by atoms with E-state index in [0.717, 1.165) is 62.7 Å². The molecule has 0 unspecified atom stereocenters. The zero-order valence-corrected chi connectivity index (χ0v) is 30.1. The van der Waals surface area contributed by atoms with Gasteiger partial charge in [-0.1, -0.05) is 97.1 Å². The average Bonchev–Trinajstić information content (AvgIpc) is 3.05. The summed E-state index contributed by atoms with van der Waals surface area (Å²) in [6.45, 7) is 3.02. The van der Waals surface area contributed by atoms with Crippen LogP contribution in [0.3, 0.4) is 0 Å². The molecule has 2 fully saturated rings. The molecule has 0 aromatic heterocycles. The Morgan fingerprint density at radius 2 is 1.30 bits per heavy atom. The molecule has 2 amide bonds. The van der Waals surface area contributed by atoms with Crippen LogP contribution in [0.15, 0.2) is 36.4 Å². The van der Waals surface area contributed by atoms with E-state index in [0.29, 0.717) is 58.5 Å². The topological polar surface area (TPSA) is 131 Å². The number of carbonyl (C=O) groups is 2. The zero-order valence-electron chi connectivity index (χ0n) is 27.1. The van der Waals surface area contributed by atoms with E-state index in [2.05, 4.69) is 5.32 Å². The number of halogens is 4. The fourth-order valence-electron chi connectivity index (χ4n) is 7.05. The van der Waals surface area contributed by atoms with Crippen molar-refractivity contribution in [2.24, 2.45) is 23.1 Å². The Labute approximate surface area is 299 Å². The van der Waals surface area contributed by atoms with Crippen LogP contribution in [0.5, 0.6) is 0 Å². The van der Waals surface area contributed by atoms with Gasteiger partial charge in [-0.2, -0.15) is 0 Å². The number of nitrogens with two attached hydrogens (primary N) is 3. The third-order valence-corrected chi connectivity index (χ3v) is 10.8. The van der Waals surface area contributed by atoms with E-state index in [1.54, 1.807) is 24.3 Å². The van der Waals surface area contributed by atoms with Gasteiger partial charge in [0.15, 0.2) is 0 Å². The summed E-state index contributed by atoms with van der Waals surface area (Å²) in [5.41, 5.74) is 20.4. The molecule has 2 aromatic rings. The van der Waals surface area contributed by atoms with Crippen LogP contribution in [-0.4, -0.2) is 78.5 Å². The molecule has 260 valence electrons. The summed E-state index contributed by atoms with van der Waals surface area (Å²) in [7, 11) is 0. The van der Waals surface area contributed by atoms with Crippen molar-refractivity contribution in [2.45, 2.75) is 94.8 Å². The monoisotopic (exact) mass is 726 g/mol. The van der Waals surface area contributed by atoms with Gasteiger partial charge in [0.25, 0.3) is 0 Å². The number of amides is 2. The van der Waals surface area contributed by atoms with Crippen molar-refractivity contribution < 1.29 is 9.59 Å². The van der Waals surface area contributed by atoms with E-state index >= 15 is 0 Å². The van der Waals surface area contributed by atoms with Gasteiger partial charge in [-0.25, -0.2) is 0 Å². The molecule has 1 aliphatic carbocycles. The first-order valence-electron chi connectivity index (χ1n) is 17.0. The molecule has 0 bridgehead atoms. The minimum Gasteiger partial charge on any atom is -0.335 e. The van der Waals surface area contributed by atoms with Crippen LogP contribution in [0.4, 0.5) is 0 Å². The van der Waals surface area contributed by atoms with Crippen LogP contribution >= 0.6 is 46.4 Å². The SMILES string of the molecule is NCCNCCCC[C@H]1CN(C(=O)[C@H](N)Cc2ccc(Cl)cc2Cl)[C@H](CC2CCCCC2)CN1C(=O)[C@@H](N)Cc1ccc(Cl)cc1Cl. The van der Waals surface area contributed by atoms with Gasteiger partial charge in [-0.15, -0.1) is 0 Å². The van der Waals surface area contributed by atoms with Gasteiger partial charge in [0, 0.05) is 58.4 Å². The molecule has 2 aliphatic rings. The summed E-state index contributed by atoms with van der Waals surface area (Å²) < 4.78 is 0. The Hall–Kier alpha value is -1.62. The number of benzene rings is 2. The average molecular weight is 729 g/mol. The van der Waals surface area contributed by atoms with Crippen molar-refractivity contribution in [3.8, 4) is 0 Å². The van der Waals surface area contributed by atoms with Crippen molar-refractivity contribution in [2.75, 3.05) is 32.7 Å². The first-order chi connectivity index (χ1) is 22.6. The minimum atomic E-state index is -0.783. The van der Waals surface area contributed by atoms with Gasteiger partial charge < -0.3 is 32.3 Å². The van der Waals surface area contributed by atoms with Crippen molar-refractivity contribution >= 4 is 58.2 Å². The molecular weight excluding hydrogens is 678 g/mol. The lowest BCUT2D eigenvalue weighted by Crippen LogP contribution is -2.65. The zero-order chi connectivity index (χ0) is 33.9. The minimum absolute atomic E-state index is 0.115. The van der Waals surface area contributed by atoms with Crippen molar-refractivity contribution in [3.63, 3.8) is 0 Å². The largest absolute Gasteiger partial charge is 0.335 e. The number of nitrogens with one attached hydrogen (secondary N) is 1. The second kappa shape index (κ2) is 19.0. The molecular formula is C35H50Cl4N6O2. The normalized spacial score (nSPS) is 20.3. The predicted octanol–water partition coefficient (Wildman–Crippen LogP) is 5.84. The Balaban J connectivity index is 1.56.